The molecule has 3 heterocycles. The second-order valence-electron chi connectivity index (χ2n) is 7.45. The summed E-state index contributed by atoms with van der Waals surface area (Å²) in [6.07, 6.45) is 5.26. The molecule has 0 saturated heterocycles. The van der Waals surface area contributed by atoms with Crippen LogP contribution in [0.2, 0.25) is 5.02 Å². The number of halogens is 2. The first-order valence-electron chi connectivity index (χ1n) is 10.2. The number of rotatable bonds is 6. The number of aromatic nitrogens is 4. The zero-order valence-electron chi connectivity index (χ0n) is 17.7. The van der Waals surface area contributed by atoms with Gasteiger partial charge in [-0.25, -0.2) is 4.39 Å². The Morgan fingerprint density at radius 1 is 1.00 bits per heavy atom. The van der Waals surface area contributed by atoms with E-state index < -0.39 is 0 Å². The normalized spacial score (nSPS) is 11.0. The van der Waals surface area contributed by atoms with Gasteiger partial charge in [0.1, 0.15) is 22.6 Å². The highest BCUT2D eigenvalue weighted by Gasteiger charge is 2.11. The molecule has 5 aromatic rings. The first-order chi connectivity index (χ1) is 16.1. The van der Waals surface area contributed by atoms with E-state index in [0.29, 0.717) is 22.8 Å². The molecule has 0 aliphatic rings. The number of methoxy groups -OCH3 is 1. The molecule has 1 N–H and O–H groups in total. The van der Waals surface area contributed by atoms with Crippen LogP contribution in [0.25, 0.3) is 22.3 Å². The summed E-state index contributed by atoms with van der Waals surface area (Å²) < 4.78 is 21.4. The second kappa shape index (κ2) is 8.88. The molecular formula is C25H19ClFN5O. The van der Waals surface area contributed by atoms with Gasteiger partial charge < -0.3 is 10.1 Å². The predicted octanol–water partition coefficient (Wildman–Crippen LogP) is 6.09. The molecule has 0 saturated carbocycles. The van der Waals surface area contributed by atoms with Crippen molar-refractivity contribution >= 4 is 34.0 Å². The minimum atomic E-state index is -0.382. The summed E-state index contributed by atoms with van der Waals surface area (Å²) in [5.41, 5.74) is 4.96. The molecule has 0 aliphatic carbocycles. The zero-order valence-corrected chi connectivity index (χ0v) is 18.4. The molecule has 8 heteroatoms. The van der Waals surface area contributed by atoms with Gasteiger partial charge in [-0.2, -0.15) is 5.10 Å². The molecule has 0 bridgehead atoms. The van der Waals surface area contributed by atoms with Gasteiger partial charge in [0.05, 0.1) is 31.2 Å². The summed E-state index contributed by atoms with van der Waals surface area (Å²) in [5.74, 6) is 0.430. The summed E-state index contributed by atoms with van der Waals surface area (Å²) >= 11 is 6.04. The van der Waals surface area contributed by atoms with Crippen LogP contribution in [-0.4, -0.2) is 26.9 Å². The Balaban J connectivity index is 1.43. The number of pyridine rings is 2. The summed E-state index contributed by atoms with van der Waals surface area (Å²) in [7, 11) is 1.65. The van der Waals surface area contributed by atoms with E-state index >= 15 is 0 Å². The van der Waals surface area contributed by atoms with Crippen LogP contribution >= 0.6 is 11.6 Å². The number of fused-ring (bicyclic) bond motifs is 1. The maximum Gasteiger partial charge on any atom is 0.134 e. The minimum Gasteiger partial charge on any atom is -0.497 e. The van der Waals surface area contributed by atoms with Crippen LogP contribution in [0, 0.1) is 5.82 Å². The van der Waals surface area contributed by atoms with Crippen LogP contribution in [-0.2, 0) is 6.54 Å². The molecular weight excluding hydrogens is 441 g/mol. The van der Waals surface area contributed by atoms with Crippen molar-refractivity contribution in [1.29, 1.82) is 0 Å². The fraction of sp³-hybridized carbons (Fsp3) is 0.0800. The van der Waals surface area contributed by atoms with Crippen molar-refractivity contribution in [1.82, 2.24) is 19.7 Å². The van der Waals surface area contributed by atoms with Gasteiger partial charge in [0.15, 0.2) is 0 Å². The predicted molar refractivity (Wildman–Crippen MR) is 128 cm³/mol. The lowest BCUT2D eigenvalue weighted by Crippen LogP contribution is -2.00. The van der Waals surface area contributed by atoms with E-state index in [0.717, 1.165) is 33.7 Å². The lowest BCUT2D eigenvalue weighted by Gasteiger charge is -2.09. The summed E-state index contributed by atoms with van der Waals surface area (Å²) in [6, 6.07) is 17.7. The van der Waals surface area contributed by atoms with Gasteiger partial charge in [0.2, 0.25) is 0 Å². The maximum absolute atomic E-state index is 14.3. The van der Waals surface area contributed by atoms with Crippen molar-refractivity contribution in [3.63, 3.8) is 0 Å². The van der Waals surface area contributed by atoms with E-state index in [1.807, 2.05) is 47.3 Å². The molecule has 0 aliphatic heterocycles. The highest BCUT2D eigenvalue weighted by atomic mass is 35.5. The lowest BCUT2D eigenvalue weighted by molar-refractivity contribution is 0.414. The van der Waals surface area contributed by atoms with Crippen molar-refractivity contribution < 1.29 is 9.13 Å². The maximum atomic E-state index is 14.3. The van der Waals surface area contributed by atoms with E-state index in [4.69, 9.17) is 21.4 Å². The van der Waals surface area contributed by atoms with Crippen molar-refractivity contribution in [3.8, 4) is 17.0 Å². The zero-order chi connectivity index (χ0) is 22.8. The summed E-state index contributed by atoms with van der Waals surface area (Å²) in [5, 5.41) is 8.52. The van der Waals surface area contributed by atoms with Gasteiger partial charge in [-0.1, -0.05) is 23.7 Å². The number of nitrogens with zero attached hydrogens (tertiary/aromatic N) is 4. The van der Waals surface area contributed by atoms with E-state index in [2.05, 4.69) is 15.3 Å². The van der Waals surface area contributed by atoms with Crippen LogP contribution in [0.15, 0.2) is 79.3 Å². The first kappa shape index (κ1) is 20.9. The van der Waals surface area contributed by atoms with Crippen molar-refractivity contribution in [2.45, 2.75) is 6.54 Å². The van der Waals surface area contributed by atoms with Gasteiger partial charge >= 0.3 is 0 Å². The van der Waals surface area contributed by atoms with E-state index in [1.54, 1.807) is 31.6 Å². The fourth-order valence-electron chi connectivity index (χ4n) is 3.57. The molecule has 0 unspecified atom stereocenters. The molecule has 0 fully saturated rings. The molecule has 0 amide bonds. The van der Waals surface area contributed by atoms with Crippen molar-refractivity contribution in [3.05, 3.63) is 95.7 Å². The van der Waals surface area contributed by atoms with Gasteiger partial charge in [-0.3, -0.25) is 14.6 Å². The standard InChI is InChI=1S/C25H19ClFN5O/c1-33-19-5-2-16(3-6-19)14-32-15-24-25(31-32)22(9-11-29-24)30-18-8-10-28-23(13-18)20-12-17(26)4-7-21(20)27/h2-13,15H,14H2,1H3,(H,28,30). The molecule has 0 atom stereocenters. The minimum absolute atomic E-state index is 0.342. The van der Waals surface area contributed by atoms with E-state index in [1.165, 1.54) is 12.1 Å². The highest BCUT2D eigenvalue weighted by molar-refractivity contribution is 6.30. The Morgan fingerprint density at radius 2 is 1.82 bits per heavy atom. The number of benzene rings is 2. The smallest absolute Gasteiger partial charge is 0.134 e. The Kier molecular flexibility index (Phi) is 5.62. The number of hydrogen-bond donors (Lipinski definition) is 1. The third-order valence-electron chi connectivity index (χ3n) is 5.20. The average Bonchev–Trinajstić information content (AvgIpc) is 3.25. The molecule has 2 aromatic carbocycles. The Morgan fingerprint density at radius 3 is 2.64 bits per heavy atom. The molecule has 164 valence electrons. The molecule has 0 radical (unpaired) electrons. The van der Waals surface area contributed by atoms with Gasteiger partial charge in [-0.05, 0) is 54.1 Å². The summed E-state index contributed by atoms with van der Waals surface area (Å²) in [4.78, 5) is 8.74. The topological polar surface area (TPSA) is 64.9 Å². The van der Waals surface area contributed by atoms with Crippen LogP contribution in [0.5, 0.6) is 5.75 Å². The van der Waals surface area contributed by atoms with Gasteiger partial charge in [0, 0.05) is 28.7 Å². The summed E-state index contributed by atoms with van der Waals surface area (Å²) in [6.45, 7) is 0.604. The highest BCUT2D eigenvalue weighted by Crippen LogP contribution is 2.29. The lowest BCUT2D eigenvalue weighted by atomic mass is 10.1. The van der Waals surface area contributed by atoms with Crippen LogP contribution < -0.4 is 10.1 Å². The number of hydrogen-bond acceptors (Lipinski definition) is 5. The van der Waals surface area contributed by atoms with Crippen LogP contribution in [0.4, 0.5) is 15.8 Å². The first-order valence-corrected chi connectivity index (χ1v) is 10.6. The fourth-order valence-corrected chi connectivity index (χ4v) is 3.75. The largest absolute Gasteiger partial charge is 0.497 e. The van der Waals surface area contributed by atoms with Crippen molar-refractivity contribution in [2.24, 2.45) is 0 Å². The third kappa shape index (κ3) is 4.49. The molecule has 0 spiro atoms. The SMILES string of the molecule is COc1ccc(Cn2cc3nccc(Nc4ccnc(-c5cc(Cl)ccc5F)c4)c3n2)cc1. The molecule has 3 aromatic heterocycles. The molecule has 5 rings (SSSR count). The molecule has 6 nitrogen and oxygen atoms in total. The van der Waals surface area contributed by atoms with Crippen LogP contribution in [0.3, 0.4) is 0 Å². The number of ether oxygens (including phenoxy) is 1. The van der Waals surface area contributed by atoms with E-state index in [9.17, 15) is 4.39 Å². The average molecular weight is 460 g/mol. The van der Waals surface area contributed by atoms with E-state index in [-0.39, 0.29) is 5.82 Å². The Hall–Kier alpha value is -3.97. The van der Waals surface area contributed by atoms with Gasteiger partial charge in [-0.15, -0.1) is 0 Å². The monoisotopic (exact) mass is 459 g/mol. The third-order valence-corrected chi connectivity index (χ3v) is 5.43. The van der Waals surface area contributed by atoms with Gasteiger partial charge in [0.25, 0.3) is 0 Å². The Bertz CT molecular complexity index is 1430. The Labute approximate surface area is 194 Å². The molecule has 33 heavy (non-hydrogen) atoms. The quantitative estimate of drug-likeness (QED) is 0.333. The second-order valence-corrected chi connectivity index (χ2v) is 7.88. The number of nitrogens with one attached hydrogen (secondary N) is 1. The van der Waals surface area contributed by atoms with Crippen molar-refractivity contribution in [2.75, 3.05) is 12.4 Å². The number of anilines is 2. The van der Waals surface area contributed by atoms with Crippen LogP contribution in [0.1, 0.15) is 5.56 Å².